The van der Waals surface area contributed by atoms with E-state index in [0.29, 0.717) is 45.1 Å². The number of anilines is 1. The fourth-order valence-electron chi connectivity index (χ4n) is 3.45. The van der Waals surface area contributed by atoms with Gasteiger partial charge in [0.2, 0.25) is 0 Å². The summed E-state index contributed by atoms with van der Waals surface area (Å²) < 4.78 is 6.81. The third-order valence-electron chi connectivity index (χ3n) is 4.93. The zero-order chi connectivity index (χ0) is 20.5. The largest absolute Gasteiger partial charge is 0.462 e. The van der Waals surface area contributed by atoms with Gasteiger partial charge in [0.05, 0.1) is 22.4 Å². The van der Waals surface area contributed by atoms with E-state index in [1.54, 1.807) is 35.8 Å². The lowest BCUT2D eigenvalue weighted by molar-refractivity contribution is 0.0505. The van der Waals surface area contributed by atoms with E-state index in [0.717, 1.165) is 25.1 Å². The molecule has 8 heteroatoms. The number of benzene rings is 1. The topological polar surface area (TPSA) is 90.3 Å². The number of carbonyl (C=O) groups is 2. The number of aromatic nitrogens is 2. The summed E-state index contributed by atoms with van der Waals surface area (Å²) in [5.41, 5.74) is 1.58. The van der Waals surface area contributed by atoms with E-state index in [1.807, 2.05) is 6.92 Å². The lowest BCUT2D eigenvalue weighted by atomic mass is 10.2. The third kappa shape index (κ3) is 3.55. The molecule has 1 amide bonds. The van der Waals surface area contributed by atoms with Gasteiger partial charge in [0.25, 0.3) is 11.5 Å². The number of aryl methyl sites for hydroxylation is 2. The van der Waals surface area contributed by atoms with Gasteiger partial charge in [-0.05, 0) is 49.6 Å². The predicted molar refractivity (Wildman–Crippen MR) is 112 cm³/mol. The van der Waals surface area contributed by atoms with Gasteiger partial charge in [-0.15, -0.1) is 11.3 Å². The highest BCUT2D eigenvalue weighted by molar-refractivity contribution is 7.20. The van der Waals surface area contributed by atoms with E-state index in [9.17, 15) is 14.4 Å². The van der Waals surface area contributed by atoms with E-state index < -0.39 is 0 Å². The van der Waals surface area contributed by atoms with Crippen molar-refractivity contribution in [1.82, 2.24) is 9.55 Å². The van der Waals surface area contributed by atoms with Gasteiger partial charge in [0.15, 0.2) is 0 Å². The summed E-state index contributed by atoms with van der Waals surface area (Å²) in [6, 6.07) is 6.54. The van der Waals surface area contributed by atoms with E-state index in [2.05, 4.69) is 10.3 Å². The number of thiophene rings is 1. The van der Waals surface area contributed by atoms with Crippen LogP contribution in [-0.2, 0) is 17.7 Å². The summed E-state index contributed by atoms with van der Waals surface area (Å²) in [4.78, 5) is 43.1. The maximum absolute atomic E-state index is 12.8. The highest BCUT2D eigenvalue weighted by Crippen LogP contribution is 2.29. The third-order valence-corrected chi connectivity index (χ3v) is 6.12. The zero-order valence-electron chi connectivity index (χ0n) is 16.3. The number of rotatable bonds is 5. The lowest BCUT2D eigenvalue weighted by Gasteiger charge is -2.06. The van der Waals surface area contributed by atoms with Crippen molar-refractivity contribution >= 4 is 39.1 Å². The molecule has 0 saturated carbocycles. The first-order chi connectivity index (χ1) is 14.0. The molecule has 29 heavy (non-hydrogen) atoms. The van der Waals surface area contributed by atoms with E-state index in [-0.39, 0.29) is 17.4 Å². The van der Waals surface area contributed by atoms with Gasteiger partial charge in [-0.3, -0.25) is 14.2 Å². The van der Waals surface area contributed by atoms with Crippen molar-refractivity contribution in [2.45, 2.75) is 39.7 Å². The van der Waals surface area contributed by atoms with Crippen LogP contribution in [0.2, 0.25) is 0 Å². The molecule has 1 aromatic carbocycles. The molecule has 0 bridgehead atoms. The van der Waals surface area contributed by atoms with Crippen LogP contribution in [0.15, 0.2) is 29.1 Å². The number of ether oxygens (including phenoxy) is 1. The molecule has 0 fully saturated rings. The average molecular weight is 411 g/mol. The molecule has 2 aromatic heterocycles. The maximum Gasteiger partial charge on any atom is 0.338 e. The van der Waals surface area contributed by atoms with Crippen LogP contribution >= 0.6 is 11.3 Å². The van der Waals surface area contributed by atoms with Gasteiger partial charge in [-0.25, -0.2) is 9.78 Å². The SMILES string of the molecule is CCCOC(=O)c1ccc(NC(=O)c2sc3nc4n(c(=O)c3c2C)CCC4)cc1. The standard InChI is InChI=1S/C21H21N3O4S/c1-3-11-28-21(27)13-6-8-14(9-7-13)22-18(25)17-12(2)16-19(29-17)23-15-5-4-10-24(15)20(16)26/h6-9H,3-5,10-11H2,1-2H3,(H,22,25). The fourth-order valence-corrected chi connectivity index (χ4v) is 4.53. The first kappa shape index (κ1) is 19.3. The Morgan fingerprint density at radius 3 is 2.76 bits per heavy atom. The number of esters is 1. The second-order valence-electron chi connectivity index (χ2n) is 6.99. The molecule has 0 atom stereocenters. The first-order valence-corrected chi connectivity index (χ1v) is 10.4. The van der Waals surface area contributed by atoms with Gasteiger partial charge < -0.3 is 10.1 Å². The van der Waals surface area contributed by atoms with Crippen LogP contribution in [0.5, 0.6) is 0 Å². The highest BCUT2D eigenvalue weighted by Gasteiger charge is 2.23. The normalized spacial score (nSPS) is 12.8. The molecule has 1 aliphatic rings. The quantitative estimate of drug-likeness (QED) is 0.649. The lowest BCUT2D eigenvalue weighted by Crippen LogP contribution is -2.20. The van der Waals surface area contributed by atoms with Crippen molar-refractivity contribution in [3.63, 3.8) is 0 Å². The Hall–Kier alpha value is -3.00. The molecule has 0 saturated heterocycles. The molecule has 0 spiro atoms. The van der Waals surface area contributed by atoms with Crippen molar-refractivity contribution in [2.75, 3.05) is 11.9 Å². The molecule has 0 aliphatic carbocycles. The second-order valence-corrected chi connectivity index (χ2v) is 7.99. The van der Waals surface area contributed by atoms with Gasteiger partial charge in [-0.1, -0.05) is 6.92 Å². The minimum atomic E-state index is -0.385. The Bertz CT molecular complexity index is 1160. The molecule has 1 aliphatic heterocycles. The van der Waals surface area contributed by atoms with Crippen LogP contribution in [0, 0.1) is 6.92 Å². The van der Waals surface area contributed by atoms with Gasteiger partial charge in [-0.2, -0.15) is 0 Å². The van der Waals surface area contributed by atoms with Crippen LogP contribution in [0.4, 0.5) is 5.69 Å². The van der Waals surface area contributed by atoms with Crippen LogP contribution < -0.4 is 10.9 Å². The van der Waals surface area contributed by atoms with Crippen molar-refractivity contribution < 1.29 is 14.3 Å². The van der Waals surface area contributed by atoms with Gasteiger partial charge in [0, 0.05) is 18.7 Å². The molecule has 1 N–H and O–H groups in total. The molecule has 3 heterocycles. The first-order valence-electron chi connectivity index (χ1n) is 9.61. The number of nitrogens with one attached hydrogen (secondary N) is 1. The number of hydrogen-bond donors (Lipinski definition) is 1. The van der Waals surface area contributed by atoms with Crippen LogP contribution in [0.3, 0.4) is 0 Å². The number of fused-ring (bicyclic) bond motifs is 2. The molecular formula is C21H21N3O4S. The Morgan fingerprint density at radius 2 is 2.03 bits per heavy atom. The summed E-state index contributed by atoms with van der Waals surface area (Å²) in [7, 11) is 0. The molecule has 7 nitrogen and oxygen atoms in total. The second kappa shape index (κ2) is 7.79. The highest BCUT2D eigenvalue weighted by atomic mass is 32.1. The van der Waals surface area contributed by atoms with E-state index in [1.165, 1.54) is 11.3 Å². The summed E-state index contributed by atoms with van der Waals surface area (Å²) >= 11 is 1.24. The minimum absolute atomic E-state index is 0.0646. The molecule has 150 valence electrons. The van der Waals surface area contributed by atoms with Crippen molar-refractivity contribution in [1.29, 1.82) is 0 Å². The zero-order valence-corrected chi connectivity index (χ0v) is 17.1. The van der Waals surface area contributed by atoms with E-state index in [4.69, 9.17) is 4.74 Å². The summed E-state index contributed by atoms with van der Waals surface area (Å²) in [5, 5.41) is 3.36. The van der Waals surface area contributed by atoms with Crippen molar-refractivity contribution in [3.8, 4) is 0 Å². The number of amides is 1. The Kier molecular flexibility index (Phi) is 5.19. The molecular weight excluding hydrogens is 390 g/mol. The Morgan fingerprint density at radius 1 is 1.28 bits per heavy atom. The number of hydrogen-bond acceptors (Lipinski definition) is 6. The van der Waals surface area contributed by atoms with Crippen LogP contribution in [-0.4, -0.2) is 28.0 Å². The minimum Gasteiger partial charge on any atom is -0.462 e. The summed E-state index contributed by atoms with van der Waals surface area (Å²) in [6.45, 7) is 4.77. The summed E-state index contributed by atoms with van der Waals surface area (Å²) in [6.07, 6.45) is 2.47. The maximum atomic E-state index is 12.8. The number of nitrogens with zero attached hydrogens (tertiary/aromatic N) is 2. The van der Waals surface area contributed by atoms with Crippen molar-refractivity contribution in [2.24, 2.45) is 0 Å². The average Bonchev–Trinajstić information content (AvgIpc) is 3.32. The van der Waals surface area contributed by atoms with Crippen LogP contribution in [0.1, 0.15) is 51.2 Å². The molecule has 3 aromatic rings. The molecule has 0 radical (unpaired) electrons. The van der Waals surface area contributed by atoms with Gasteiger partial charge in [0.1, 0.15) is 10.7 Å². The van der Waals surface area contributed by atoms with Crippen LogP contribution in [0.25, 0.3) is 10.2 Å². The molecule has 4 rings (SSSR count). The molecule has 0 unspecified atom stereocenters. The Labute approximate surface area is 171 Å². The smallest absolute Gasteiger partial charge is 0.338 e. The predicted octanol–water partition coefficient (Wildman–Crippen LogP) is 3.53. The van der Waals surface area contributed by atoms with Gasteiger partial charge >= 0.3 is 5.97 Å². The fraction of sp³-hybridized carbons (Fsp3) is 0.333. The van der Waals surface area contributed by atoms with Crippen molar-refractivity contribution in [3.05, 3.63) is 56.4 Å². The Balaban J connectivity index is 1.57. The number of carbonyl (C=O) groups excluding carboxylic acids is 2. The monoisotopic (exact) mass is 411 g/mol. The van der Waals surface area contributed by atoms with E-state index >= 15 is 0 Å². The summed E-state index contributed by atoms with van der Waals surface area (Å²) in [5.74, 6) is 0.113.